The highest BCUT2D eigenvalue weighted by Gasteiger charge is 2.05. The van der Waals surface area contributed by atoms with Gasteiger partial charge in [-0.25, -0.2) is 0 Å². The molecule has 0 aliphatic carbocycles. The zero-order chi connectivity index (χ0) is 15.1. The molecule has 0 heterocycles. The van der Waals surface area contributed by atoms with Crippen molar-refractivity contribution >= 4 is 17.5 Å². The first-order valence-corrected chi connectivity index (χ1v) is 7.25. The fraction of sp³-hybridized carbons (Fsp3) is 0.235. The molecule has 0 atom stereocenters. The van der Waals surface area contributed by atoms with Crippen LogP contribution in [-0.2, 0) is 24.4 Å². The zero-order valence-electron chi connectivity index (χ0n) is 11.7. The third-order valence-corrected chi connectivity index (χ3v) is 3.53. The molecule has 110 valence electrons. The number of aliphatic hydroxyl groups excluding tert-OH is 1. The normalized spacial score (nSPS) is 10.4. The summed E-state index contributed by atoms with van der Waals surface area (Å²) in [7, 11) is 0. The molecule has 0 unspecified atom stereocenters. The average Bonchev–Trinajstić information content (AvgIpc) is 2.51. The number of rotatable bonds is 6. The first kappa shape index (κ1) is 15.5. The first-order valence-electron chi connectivity index (χ1n) is 6.88. The Hall–Kier alpha value is -1.84. The minimum Gasteiger partial charge on any atom is -0.392 e. The van der Waals surface area contributed by atoms with Gasteiger partial charge in [0.1, 0.15) is 0 Å². The highest BCUT2D eigenvalue weighted by Crippen LogP contribution is 2.12. The number of carbonyl (C=O) groups excluding carboxylic acids is 1. The second kappa shape index (κ2) is 7.81. The lowest BCUT2D eigenvalue weighted by Crippen LogP contribution is -2.23. The van der Waals surface area contributed by atoms with Crippen LogP contribution in [-0.4, -0.2) is 11.0 Å². The summed E-state index contributed by atoms with van der Waals surface area (Å²) >= 11 is 5.91. The third kappa shape index (κ3) is 4.88. The summed E-state index contributed by atoms with van der Waals surface area (Å²) < 4.78 is 0. The van der Waals surface area contributed by atoms with Crippen molar-refractivity contribution in [2.24, 2.45) is 0 Å². The maximum absolute atomic E-state index is 11.9. The molecule has 3 nitrogen and oxygen atoms in total. The van der Waals surface area contributed by atoms with E-state index in [1.54, 1.807) is 0 Å². The Morgan fingerprint density at radius 1 is 1.10 bits per heavy atom. The molecule has 2 aromatic carbocycles. The molecule has 0 bridgehead atoms. The molecule has 2 rings (SSSR count). The topological polar surface area (TPSA) is 49.3 Å². The predicted octanol–water partition coefficient (Wildman–Crippen LogP) is 3.08. The monoisotopic (exact) mass is 303 g/mol. The number of carbonyl (C=O) groups is 1. The van der Waals surface area contributed by atoms with Crippen molar-refractivity contribution in [2.45, 2.75) is 26.0 Å². The molecule has 2 aromatic rings. The van der Waals surface area contributed by atoms with Crippen LogP contribution in [0.3, 0.4) is 0 Å². The highest BCUT2D eigenvalue weighted by molar-refractivity contribution is 6.30. The lowest BCUT2D eigenvalue weighted by Gasteiger charge is -2.09. The van der Waals surface area contributed by atoms with Crippen LogP contribution >= 0.6 is 11.6 Å². The van der Waals surface area contributed by atoms with Gasteiger partial charge in [0.05, 0.1) is 6.61 Å². The number of hydrogen-bond donors (Lipinski definition) is 2. The number of halogens is 1. The Balaban J connectivity index is 1.82. The van der Waals surface area contributed by atoms with E-state index in [4.69, 9.17) is 11.6 Å². The van der Waals surface area contributed by atoms with Gasteiger partial charge in [0.2, 0.25) is 5.91 Å². The predicted molar refractivity (Wildman–Crippen MR) is 84.0 cm³/mol. The van der Waals surface area contributed by atoms with Gasteiger partial charge in [-0.05, 0) is 35.2 Å². The van der Waals surface area contributed by atoms with E-state index < -0.39 is 0 Å². The molecule has 1 amide bonds. The molecule has 0 fully saturated rings. The van der Waals surface area contributed by atoms with Crippen molar-refractivity contribution in [1.29, 1.82) is 0 Å². The Morgan fingerprint density at radius 3 is 2.57 bits per heavy atom. The van der Waals surface area contributed by atoms with Gasteiger partial charge < -0.3 is 10.4 Å². The van der Waals surface area contributed by atoms with E-state index in [0.717, 1.165) is 16.7 Å². The van der Waals surface area contributed by atoms with Crippen LogP contribution in [0.2, 0.25) is 5.02 Å². The van der Waals surface area contributed by atoms with Crippen molar-refractivity contribution in [2.75, 3.05) is 0 Å². The van der Waals surface area contributed by atoms with E-state index in [9.17, 15) is 9.90 Å². The molecule has 0 saturated heterocycles. The molecular formula is C17H18ClNO2. The Bertz CT molecular complexity index is 613. The maximum atomic E-state index is 11.9. The maximum Gasteiger partial charge on any atom is 0.220 e. The lowest BCUT2D eigenvalue weighted by atomic mass is 10.1. The summed E-state index contributed by atoms with van der Waals surface area (Å²) in [5.74, 6) is -0.0114. The molecule has 0 spiro atoms. The molecule has 21 heavy (non-hydrogen) atoms. The van der Waals surface area contributed by atoms with Crippen LogP contribution in [0.1, 0.15) is 23.1 Å². The van der Waals surface area contributed by atoms with Crippen LogP contribution in [0.15, 0.2) is 48.5 Å². The smallest absolute Gasteiger partial charge is 0.220 e. The number of aryl methyl sites for hydroxylation is 1. The van der Waals surface area contributed by atoms with Crippen LogP contribution in [0, 0.1) is 0 Å². The van der Waals surface area contributed by atoms with Gasteiger partial charge in [-0.3, -0.25) is 4.79 Å². The van der Waals surface area contributed by atoms with Crippen LogP contribution in [0.25, 0.3) is 0 Å². The second-order valence-corrected chi connectivity index (χ2v) is 5.27. The summed E-state index contributed by atoms with van der Waals surface area (Å²) in [5.41, 5.74) is 2.83. The van der Waals surface area contributed by atoms with E-state index in [2.05, 4.69) is 5.32 Å². The van der Waals surface area contributed by atoms with Gasteiger partial charge in [0, 0.05) is 18.0 Å². The van der Waals surface area contributed by atoms with E-state index in [1.165, 1.54) is 0 Å². The van der Waals surface area contributed by atoms with Crippen LogP contribution < -0.4 is 5.32 Å². The standard InChI is InChI=1S/C17H18ClNO2/c18-16-7-3-4-13(10-16)8-9-17(21)19-11-14-5-1-2-6-15(14)12-20/h1-7,10,20H,8-9,11-12H2,(H,19,21). The van der Waals surface area contributed by atoms with Crippen LogP contribution in [0.4, 0.5) is 0 Å². The van der Waals surface area contributed by atoms with Gasteiger partial charge >= 0.3 is 0 Å². The van der Waals surface area contributed by atoms with Gasteiger partial charge in [0.15, 0.2) is 0 Å². The quantitative estimate of drug-likeness (QED) is 0.861. The summed E-state index contributed by atoms with van der Waals surface area (Å²) in [6.45, 7) is 0.416. The van der Waals surface area contributed by atoms with Gasteiger partial charge in [0.25, 0.3) is 0 Å². The fourth-order valence-electron chi connectivity index (χ4n) is 2.12. The van der Waals surface area contributed by atoms with Gasteiger partial charge in [-0.15, -0.1) is 0 Å². The molecule has 0 aliphatic rings. The van der Waals surface area contributed by atoms with Gasteiger partial charge in [-0.1, -0.05) is 48.0 Å². The van der Waals surface area contributed by atoms with E-state index in [-0.39, 0.29) is 12.5 Å². The summed E-state index contributed by atoms with van der Waals surface area (Å²) in [6, 6.07) is 15.1. The highest BCUT2D eigenvalue weighted by atomic mass is 35.5. The number of benzene rings is 2. The summed E-state index contributed by atoms with van der Waals surface area (Å²) in [4.78, 5) is 11.9. The van der Waals surface area contributed by atoms with Crippen molar-refractivity contribution in [3.63, 3.8) is 0 Å². The largest absolute Gasteiger partial charge is 0.392 e. The Kier molecular flexibility index (Phi) is 5.78. The Labute approximate surface area is 129 Å². The molecule has 4 heteroatoms. The molecule has 0 aromatic heterocycles. The Morgan fingerprint density at radius 2 is 1.86 bits per heavy atom. The molecule has 2 N–H and O–H groups in total. The van der Waals surface area contributed by atoms with Crippen molar-refractivity contribution < 1.29 is 9.90 Å². The number of hydrogen-bond acceptors (Lipinski definition) is 2. The average molecular weight is 304 g/mol. The second-order valence-electron chi connectivity index (χ2n) is 4.83. The summed E-state index contributed by atoms with van der Waals surface area (Å²) in [5, 5.41) is 12.8. The van der Waals surface area contributed by atoms with Crippen molar-refractivity contribution in [1.82, 2.24) is 5.32 Å². The van der Waals surface area contributed by atoms with Crippen molar-refractivity contribution in [3.05, 3.63) is 70.2 Å². The minimum atomic E-state index is -0.0193. The SMILES string of the molecule is O=C(CCc1cccc(Cl)c1)NCc1ccccc1CO. The zero-order valence-corrected chi connectivity index (χ0v) is 12.4. The summed E-state index contributed by atoms with van der Waals surface area (Å²) in [6.07, 6.45) is 1.08. The fourth-order valence-corrected chi connectivity index (χ4v) is 2.33. The van der Waals surface area contributed by atoms with E-state index >= 15 is 0 Å². The van der Waals surface area contributed by atoms with E-state index in [1.807, 2.05) is 48.5 Å². The number of amides is 1. The molecular weight excluding hydrogens is 286 g/mol. The molecule has 0 aliphatic heterocycles. The van der Waals surface area contributed by atoms with Crippen molar-refractivity contribution in [3.8, 4) is 0 Å². The molecule has 0 radical (unpaired) electrons. The number of aliphatic hydroxyl groups is 1. The van der Waals surface area contributed by atoms with Gasteiger partial charge in [-0.2, -0.15) is 0 Å². The minimum absolute atomic E-state index is 0.0114. The van der Waals surface area contributed by atoms with E-state index in [0.29, 0.717) is 24.4 Å². The number of nitrogens with one attached hydrogen (secondary N) is 1. The lowest BCUT2D eigenvalue weighted by molar-refractivity contribution is -0.121. The van der Waals surface area contributed by atoms with Crippen LogP contribution in [0.5, 0.6) is 0 Å². The molecule has 0 saturated carbocycles. The first-order chi connectivity index (χ1) is 10.2. The third-order valence-electron chi connectivity index (χ3n) is 3.29.